The third kappa shape index (κ3) is 56.9. The zero-order chi connectivity index (χ0) is 50.0. The third-order valence-corrected chi connectivity index (χ3v) is 14.3. The lowest BCUT2D eigenvalue weighted by Crippen LogP contribution is -2.30. The quantitative estimate of drug-likeness (QED) is 0.0261. The van der Waals surface area contributed by atoms with Crippen LogP contribution in [0.5, 0.6) is 0 Å². The first-order chi connectivity index (χ1) is 34.0. The van der Waals surface area contributed by atoms with Crippen LogP contribution in [0, 0.1) is 0 Å². The van der Waals surface area contributed by atoms with Gasteiger partial charge in [-0.2, -0.15) is 0 Å². The highest BCUT2D eigenvalue weighted by atomic mass is 16.6. The van der Waals surface area contributed by atoms with Crippen LogP contribution in [-0.2, 0) is 28.6 Å². The Morgan fingerprint density at radius 2 is 0.478 bits per heavy atom. The molecule has 1 unspecified atom stereocenters. The van der Waals surface area contributed by atoms with Gasteiger partial charge in [0.2, 0.25) is 0 Å². The van der Waals surface area contributed by atoms with E-state index in [1.165, 1.54) is 250 Å². The molecule has 69 heavy (non-hydrogen) atoms. The summed E-state index contributed by atoms with van der Waals surface area (Å²) in [7, 11) is 0. The standard InChI is InChI=1S/C63H120O6/c1-4-7-10-13-16-18-20-22-23-24-25-26-27-28-29-30-31-32-33-34-35-36-37-38-39-40-42-43-45-47-50-53-56-62(65)68-59-60(58-67-61(64)55-52-49-15-12-9-6-3)69-63(66)57-54-51-48-46-44-41-21-19-17-14-11-8-5-2/h19,21,60H,4-18,20,22-59H2,1-3H3/b21-19-. The fraction of sp³-hybridized carbons (Fsp3) is 0.921. The zero-order valence-corrected chi connectivity index (χ0v) is 46.9. The fourth-order valence-electron chi connectivity index (χ4n) is 9.56. The van der Waals surface area contributed by atoms with E-state index in [0.29, 0.717) is 19.3 Å². The van der Waals surface area contributed by atoms with Crippen molar-refractivity contribution in [2.45, 2.75) is 361 Å². The van der Waals surface area contributed by atoms with Crippen molar-refractivity contribution in [3.05, 3.63) is 12.2 Å². The Hall–Kier alpha value is -1.85. The Kier molecular flexibility index (Phi) is 57.1. The minimum atomic E-state index is -0.767. The molecule has 6 heteroatoms. The summed E-state index contributed by atoms with van der Waals surface area (Å²) >= 11 is 0. The van der Waals surface area contributed by atoms with Crippen molar-refractivity contribution < 1.29 is 28.6 Å². The second kappa shape index (κ2) is 58.7. The van der Waals surface area contributed by atoms with Gasteiger partial charge in [-0.1, -0.05) is 303 Å². The van der Waals surface area contributed by atoms with Gasteiger partial charge in [-0.05, 0) is 44.9 Å². The van der Waals surface area contributed by atoms with Crippen molar-refractivity contribution in [3.8, 4) is 0 Å². The number of ether oxygens (including phenoxy) is 3. The van der Waals surface area contributed by atoms with Crippen molar-refractivity contribution in [2.75, 3.05) is 13.2 Å². The average molecular weight is 974 g/mol. The van der Waals surface area contributed by atoms with Crippen molar-refractivity contribution in [1.29, 1.82) is 0 Å². The predicted octanol–water partition coefficient (Wildman–Crippen LogP) is 20.9. The molecule has 0 N–H and O–H groups in total. The molecule has 0 rings (SSSR count). The normalized spacial score (nSPS) is 12.0. The number of allylic oxidation sites excluding steroid dienone is 2. The maximum absolute atomic E-state index is 12.8. The minimum Gasteiger partial charge on any atom is -0.462 e. The highest BCUT2D eigenvalue weighted by Crippen LogP contribution is 2.18. The van der Waals surface area contributed by atoms with Gasteiger partial charge in [0, 0.05) is 19.3 Å². The molecule has 0 radical (unpaired) electrons. The average Bonchev–Trinajstić information content (AvgIpc) is 3.35. The minimum absolute atomic E-state index is 0.0688. The molecule has 408 valence electrons. The smallest absolute Gasteiger partial charge is 0.306 e. The molecule has 0 aromatic heterocycles. The molecule has 1 atom stereocenters. The van der Waals surface area contributed by atoms with Gasteiger partial charge in [-0.3, -0.25) is 14.4 Å². The maximum atomic E-state index is 12.8. The van der Waals surface area contributed by atoms with Gasteiger partial charge in [0.05, 0.1) is 0 Å². The molecular weight excluding hydrogens is 853 g/mol. The molecule has 0 aromatic carbocycles. The van der Waals surface area contributed by atoms with Crippen LogP contribution in [0.25, 0.3) is 0 Å². The Balaban J connectivity index is 3.87. The van der Waals surface area contributed by atoms with Gasteiger partial charge in [-0.15, -0.1) is 0 Å². The summed E-state index contributed by atoms with van der Waals surface area (Å²) in [4.78, 5) is 37.8. The van der Waals surface area contributed by atoms with E-state index >= 15 is 0 Å². The van der Waals surface area contributed by atoms with Gasteiger partial charge < -0.3 is 14.2 Å². The van der Waals surface area contributed by atoms with Crippen LogP contribution >= 0.6 is 0 Å². The third-order valence-electron chi connectivity index (χ3n) is 14.3. The lowest BCUT2D eigenvalue weighted by Gasteiger charge is -2.18. The molecule has 0 saturated heterocycles. The molecule has 0 aliphatic heterocycles. The second-order valence-electron chi connectivity index (χ2n) is 21.3. The van der Waals surface area contributed by atoms with Gasteiger partial charge in [0.25, 0.3) is 0 Å². The first-order valence-corrected chi connectivity index (χ1v) is 31.2. The fourth-order valence-corrected chi connectivity index (χ4v) is 9.56. The van der Waals surface area contributed by atoms with E-state index in [-0.39, 0.29) is 31.1 Å². The van der Waals surface area contributed by atoms with E-state index in [2.05, 4.69) is 32.9 Å². The summed E-state index contributed by atoms with van der Waals surface area (Å²) in [5, 5.41) is 0. The number of hydrogen-bond acceptors (Lipinski definition) is 6. The summed E-state index contributed by atoms with van der Waals surface area (Å²) < 4.78 is 16.7. The molecule has 0 fully saturated rings. The first kappa shape index (κ1) is 67.1. The SMILES string of the molecule is CCCCCC/C=C\CCCCCCCC(=O)OC(COC(=O)CCCCCCCC)COC(=O)CCCCCCCCCCCCCCCCCCCCCCCCCCCCCCCCCC. The van der Waals surface area contributed by atoms with Crippen LogP contribution < -0.4 is 0 Å². The summed E-state index contributed by atoms with van der Waals surface area (Å²) in [6, 6.07) is 0. The number of carbonyl (C=O) groups is 3. The van der Waals surface area contributed by atoms with Gasteiger partial charge in [0.1, 0.15) is 13.2 Å². The molecule has 6 nitrogen and oxygen atoms in total. The van der Waals surface area contributed by atoms with E-state index < -0.39 is 6.10 Å². The summed E-state index contributed by atoms with van der Waals surface area (Å²) in [6.45, 7) is 6.61. The van der Waals surface area contributed by atoms with Crippen LogP contribution in [0.1, 0.15) is 355 Å². The van der Waals surface area contributed by atoms with Crippen LogP contribution in [0.4, 0.5) is 0 Å². The lowest BCUT2D eigenvalue weighted by atomic mass is 10.0. The lowest BCUT2D eigenvalue weighted by molar-refractivity contribution is -0.167. The molecular formula is C63H120O6. The Labute approximate surface area is 431 Å². The Morgan fingerprint density at radius 3 is 0.739 bits per heavy atom. The number of esters is 3. The van der Waals surface area contributed by atoms with E-state index in [1.54, 1.807) is 0 Å². The van der Waals surface area contributed by atoms with Crippen molar-refractivity contribution in [3.63, 3.8) is 0 Å². The van der Waals surface area contributed by atoms with Crippen LogP contribution in [0.2, 0.25) is 0 Å². The molecule has 0 aliphatic carbocycles. The van der Waals surface area contributed by atoms with Crippen LogP contribution in [-0.4, -0.2) is 37.2 Å². The summed E-state index contributed by atoms with van der Waals surface area (Å²) in [5.41, 5.74) is 0. The summed E-state index contributed by atoms with van der Waals surface area (Å²) in [6.07, 6.45) is 68.5. The van der Waals surface area contributed by atoms with Crippen LogP contribution in [0.15, 0.2) is 12.2 Å². The maximum Gasteiger partial charge on any atom is 0.306 e. The Bertz CT molecular complexity index is 1070. The number of carbonyl (C=O) groups excluding carboxylic acids is 3. The largest absolute Gasteiger partial charge is 0.462 e. The molecule has 0 bridgehead atoms. The monoisotopic (exact) mass is 973 g/mol. The second-order valence-corrected chi connectivity index (χ2v) is 21.3. The number of hydrogen-bond donors (Lipinski definition) is 0. The molecule has 0 aliphatic rings. The van der Waals surface area contributed by atoms with Crippen LogP contribution in [0.3, 0.4) is 0 Å². The molecule has 0 heterocycles. The van der Waals surface area contributed by atoms with Gasteiger partial charge in [0.15, 0.2) is 6.10 Å². The first-order valence-electron chi connectivity index (χ1n) is 31.2. The molecule has 0 amide bonds. The molecule has 0 aromatic rings. The van der Waals surface area contributed by atoms with Crippen molar-refractivity contribution in [1.82, 2.24) is 0 Å². The van der Waals surface area contributed by atoms with Gasteiger partial charge in [-0.25, -0.2) is 0 Å². The highest BCUT2D eigenvalue weighted by molar-refractivity contribution is 5.71. The van der Waals surface area contributed by atoms with Crippen molar-refractivity contribution in [2.24, 2.45) is 0 Å². The molecule has 0 spiro atoms. The van der Waals surface area contributed by atoms with Crippen molar-refractivity contribution >= 4 is 17.9 Å². The number of rotatable bonds is 58. The molecule has 0 saturated carbocycles. The zero-order valence-electron chi connectivity index (χ0n) is 46.9. The number of unbranched alkanes of at least 4 members (excludes halogenated alkanes) is 45. The van der Waals surface area contributed by atoms with Gasteiger partial charge >= 0.3 is 17.9 Å². The Morgan fingerprint density at radius 1 is 0.275 bits per heavy atom. The highest BCUT2D eigenvalue weighted by Gasteiger charge is 2.19. The predicted molar refractivity (Wildman–Crippen MR) is 298 cm³/mol. The van der Waals surface area contributed by atoms with E-state index in [9.17, 15) is 14.4 Å². The van der Waals surface area contributed by atoms with E-state index in [1.807, 2.05) is 0 Å². The van der Waals surface area contributed by atoms with E-state index in [4.69, 9.17) is 14.2 Å². The topological polar surface area (TPSA) is 78.9 Å². The van der Waals surface area contributed by atoms with E-state index in [0.717, 1.165) is 64.2 Å². The summed E-state index contributed by atoms with van der Waals surface area (Å²) in [5.74, 6) is -0.868.